The normalized spacial score (nSPS) is 49.4. The number of esters is 2. The molecule has 33 nitrogen and oxygen atoms in total. The second-order valence-corrected chi connectivity index (χ2v) is 19.1. The Bertz CT molecular complexity index is 2080. The van der Waals surface area contributed by atoms with Gasteiger partial charge in [-0.25, -0.2) is 9.59 Å². The van der Waals surface area contributed by atoms with Crippen LogP contribution < -0.4 is 0 Å². The number of carbonyl (C=O) groups is 2. The zero-order valence-electron chi connectivity index (χ0n) is 40.0. The fourth-order valence-electron chi connectivity index (χ4n) is 9.87. The largest absolute Gasteiger partial charge is 0.453 e. The van der Waals surface area contributed by atoms with Crippen LogP contribution in [0.5, 0.6) is 0 Å². The highest BCUT2D eigenvalue weighted by Crippen LogP contribution is 2.37. The van der Waals surface area contributed by atoms with Crippen molar-refractivity contribution in [1.82, 2.24) is 0 Å². The number of hydrogen-bond acceptors (Lipinski definition) is 33. The maximum atomic E-state index is 13.5. The highest BCUT2D eigenvalue weighted by Gasteiger charge is 2.58. The van der Waals surface area contributed by atoms with Crippen molar-refractivity contribution in [3.05, 3.63) is 35.4 Å². The lowest BCUT2D eigenvalue weighted by atomic mass is 9.95. The number of aliphatic hydroxyl groups is 18. The van der Waals surface area contributed by atoms with Gasteiger partial charge < -0.3 is 153 Å². The third kappa shape index (κ3) is 12.0. The molecule has 15 heterocycles. The van der Waals surface area contributed by atoms with Crippen LogP contribution in [0.15, 0.2) is 24.3 Å². The lowest BCUT2D eigenvalue weighted by molar-refractivity contribution is -0.395. The van der Waals surface area contributed by atoms with Gasteiger partial charge >= 0.3 is 11.9 Å². The van der Waals surface area contributed by atoms with Crippen LogP contribution in [-0.4, -0.2) is 328 Å². The molecule has 77 heavy (non-hydrogen) atoms. The molecule has 33 heteroatoms. The zero-order chi connectivity index (χ0) is 55.9. The summed E-state index contributed by atoms with van der Waals surface area (Å²) in [6.07, 6.45) is -59.9. The van der Waals surface area contributed by atoms with Crippen LogP contribution >= 0.6 is 0 Å². The standard InChI is InChI=1S/C44H64O33/c45-5-13-31-19(51)25(57)39(65-13)72-32-14(6-46)66-40(26(58)20(32)52)73-33-15(7-47)67-41(27(59)21(33)53)74-34-16(8-48)68-42(28(60)22(34)54)75-35-17(9-49)69-43(29(61)23(35)55)76-36-18(10-50)70-44(30(62)24(36)56)77-38(64)12-3-1-2-11(4-12)37(63)71-31/h1-4,13-36,39-62H,5-10H2/t13-,14-,15-,16-,17-,18-,19-,20-,21-,22-,23-,24-,25-,26-,27-,28-,29-,30-,31-,32-,33-,34-,35-,36-,39-,40-,41-,42-,43-,44?/m1/s1. The second-order valence-electron chi connectivity index (χ2n) is 19.1. The predicted molar refractivity (Wildman–Crippen MR) is 232 cm³/mol. The maximum Gasteiger partial charge on any atom is 0.340 e. The Kier molecular flexibility index (Phi) is 19.8. The Morgan fingerprint density at radius 1 is 0.286 bits per heavy atom. The van der Waals surface area contributed by atoms with E-state index in [0.717, 1.165) is 18.2 Å². The molecule has 16 rings (SSSR count). The Hall–Kier alpha value is -3.00. The van der Waals surface area contributed by atoms with Crippen LogP contribution in [0.2, 0.25) is 0 Å². The van der Waals surface area contributed by atoms with Crippen LogP contribution in [-0.2, 0) is 61.6 Å². The Morgan fingerprint density at radius 2 is 0.506 bits per heavy atom. The highest BCUT2D eigenvalue weighted by molar-refractivity contribution is 5.95. The quantitative estimate of drug-likeness (QED) is 0.118. The van der Waals surface area contributed by atoms with Gasteiger partial charge in [-0.3, -0.25) is 0 Å². The molecule has 0 amide bonds. The smallest absolute Gasteiger partial charge is 0.340 e. The molecule has 1 aromatic carbocycles. The Labute approximate surface area is 433 Å². The number of carbonyl (C=O) groups excluding carboxylic acids is 2. The summed E-state index contributed by atoms with van der Waals surface area (Å²) in [6, 6.07) is 4.35. The van der Waals surface area contributed by atoms with Gasteiger partial charge in [0.15, 0.2) is 37.6 Å². The highest BCUT2D eigenvalue weighted by atomic mass is 16.8. The molecule has 438 valence electrons. The molecule has 30 atom stereocenters. The lowest BCUT2D eigenvalue weighted by Gasteiger charge is -2.50. The topological polar surface area (TPSA) is 518 Å². The summed E-state index contributed by atoms with van der Waals surface area (Å²) in [5.41, 5.74) is -0.820. The van der Waals surface area contributed by atoms with Crippen LogP contribution in [0.4, 0.5) is 0 Å². The molecule has 0 spiro atoms. The molecule has 0 radical (unpaired) electrons. The third-order valence-corrected chi connectivity index (χ3v) is 14.2. The molecular weight excluding hydrogens is 1060 g/mol. The van der Waals surface area contributed by atoms with E-state index in [0.29, 0.717) is 0 Å². The number of ether oxygens (including phenoxy) is 13. The van der Waals surface area contributed by atoms with E-state index in [9.17, 15) is 102 Å². The first-order valence-corrected chi connectivity index (χ1v) is 24.2. The van der Waals surface area contributed by atoms with Crippen molar-refractivity contribution in [2.75, 3.05) is 39.6 Å². The molecule has 15 aliphatic rings. The van der Waals surface area contributed by atoms with Gasteiger partial charge in [0.2, 0.25) is 6.29 Å². The van der Waals surface area contributed by atoms with E-state index in [1.165, 1.54) is 6.07 Å². The van der Waals surface area contributed by atoms with Crippen LogP contribution in [0, 0.1) is 0 Å². The summed E-state index contributed by atoms with van der Waals surface area (Å²) >= 11 is 0. The molecule has 6 fully saturated rings. The summed E-state index contributed by atoms with van der Waals surface area (Å²) in [6.45, 7) is -6.22. The number of benzene rings is 1. The van der Waals surface area contributed by atoms with Crippen LogP contribution in [0.3, 0.4) is 0 Å². The van der Waals surface area contributed by atoms with Crippen molar-refractivity contribution in [2.24, 2.45) is 0 Å². The van der Waals surface area contributed by atoms with E-state index in [1.807, 2.05) is 0 Å². The predicted octanol–water partition coefficient (Wildman–Crippen LogP) is -12.1. The second kappa shape index (κ2) is 25.4. The van der Waals surface area contributed by atoms with Crippen LogP contribution in [0.25, 0.3) is 0 Å². The fourth-order valence-corrected chi connectivity index (χ4v) is 9.87. The minimum absolute atomic E-state index is 0.407. The average molecular weight is 1120 g/mol. The number of aliphatic hydroxyl groups excluding tert-OH is 18. The van der Waals surface area contributed by atoms with Crippen molar-refractivity contribution in [1.29, 1.82) is 0 Å². The Morgan fingerprint density at radius 3 is 0.779 bits per heavy atom. The summed E-state index contributed by atoms with van der Waals surface area (Å²) < 4.78 is 72.9. The van der Waals surface area contributed by atoms with Crippen LogP contribution in [0.1, 0.15) is 20.7 Å². The third-order valence-electron chi connectivity index (χ3n) is 14.2. The summed E-state index contributed by atoms with van der Waals surface area (Å²) in [5.74, 6) is -2.59. The average Bonchev–Trinajstić information content (AvgIpc) is 3.44. The van der Waals surface area contributed by atoms with E-state index >= 15 is 0 Å². The summed E-state index contributed by atoms with van der Waals surface area (Å²) in [7, 11) is 0. The zero-order valence-corrected chi connectivity index (χ0v) is 40.0. The summed E-state index contributed by atoms with van der Waals surface area (Å²) in [5, 5.41) is 197. The molecule has 0 aliphatic carbocycles. The fraction of sp³-hybridized carbons (Fsp3) is 0.818. The number of rotatable bonds is 6. The van der Waals surface area contributed by atoms with Crippen molar-refractivity contribution < 1.29 is 163 Å². The molecule has 1 unspecified atom stereocenters. The molecule has 6 saturated heterocycles. The van der Waals surface area contributed by atoms with Crippen molar-refractivity contribution in [3.8, 4) is 0 Å². The number of hydrogen-bond donors (Lipinski definition) is 18. The molecular formula is C44H64O33. The molecule has 18 N–H and O–H groups in total. The monoisotopic (exact) mass is 1120 g/mol. The van der Waals surface area contributed by atoms with E-state index in [4.69, 9.17) is 61.6 Å². The van der Waals surface area contributed by atoms with Gasteiger partial charge in [0.1, 0.15) is 140 Å². The van der Waals surface area contributed by atoms with Gasteiger partial charge in [-0.05, 0) is 18.2 Å². The first kappa shape index (κ1) is 60.1. The van der Waals surface area contributed by atoms with Gasteiger partial charge in [-0.15, -0.1) is 0 Å². The minimum atomic E-state index is -2.20. The van der Waals surface area contributed by atoms with Gasteiger partial charge in [-0.2, -0.15) is 0 Å². The molecule has 0 saturated carbocycles. The van der Waals surface area contributed by atoms with E-state index < -0.39 is 247 Å². The maximum absolute atomic E-state index is 13.5. The first-order chi connectivity index (χ1) is 36.7. The van der Waals surface area contributed by atoms with Crippen molar-refractivity contribution in [3.63, 3.8) is 0 Å². The number of fused-ring (bicyclic) bond motifs is 2. The van der Waals surface area contributed by atoms with Gasteiger partial charge in [0.25, 0.3) is 0 Å². The SMILES string of the molecule is O=C1OC2O[C@H](CO)[C@@H](O[C@H]3O[C@H](CO)[C@@H](O[C@H]4O[C@H](CO)[C@@H](O[C@H]5O[C@H](CO)[C@@H](O[C@H]6O[C@H](CO)[C@@H](O[C@H]7O[C@H](CO)[C@@H](OC(=O)c8cccc1c8)[C@H](O)[C@H]7O)[C@H](O)[C@H]6O)[C@H](O)[C@H]5O)[C@H](O)[C@H]4O)[C@H](O)[C@H]3O)[C@H](O)[C@H]2O. The van der Waals surface area contributed by atoms with Gasteiger partial charge in [-0.1, -0.05) is 6.07 Å². The van der Waals surface area contributed by atoms with Gasteiger partial charge in [0, 0.05) is 0 Å². The van der Waals surface area contributed by atoms with Crippen molar-refractivity contribution in [2.45, 2.75) is 184 Å². The van der Waals surface area contributed by atoms with E-state index in [-0.39, 0.29) is 0 Å². The van der Waals surface area contributed by atoms with Gasteiger partial charge in [0.05, 0.1) is 50.8 Å². The first-order valence-electron chi connectivity index (χ1n) is 24.2. The molecule has 14 bridgehead atoms. The molecule has 15 aliphatic heterocycles. The van der Waals surface area contributed by atoms with E-state index in [2.05, 4.69) is 0 Å². The minimum Gasteiger partial charge on any atom is -0.453 e. The Balaban J connectivity index is 1.07. The summed E-state index contributed by atoms with van der Waals surface area (Å²) in [4.78, 5) is 26.9. The lowest BCUT2D eigenvalue weighted by Crippen LogP contribution is -2.68. The van der Waals surface area contributed by atoms with E-state index in [1.54, 1.807) is 0 Å². The van der Waals surface area contributed by atoms with Crippen molar-refractivity contribution >= 4 is 11.9 Å². The molecule has 0 aromatic heterocycles. The molecule has 1 aromatic rings.